The predicted octanol–water partition coefficient (Wildman–Crippen LogP) is 6.73. The normalized spacial score (nSPS) is 12.8. The Balaban J connectivity index is 1.69. The van der Waals surface area contributed by atoms with Gasteiger partial charge >= 0.3 is 12.1 Å². The summed E-state index contributed by atoms with van der Waals surface area (Å²) in [5, 5.41) is 12.2. The summed E-state index contributed by atoms with van der Waals surface area (Å²) < 4.78 is 49.4. The molecule has 0 heterocycles. The van der Waals surface area contributed by atoms with Gasteiger partial charge in [-0.15, -0.1) is 0 Å². The van der Waals surface area contributed by atoms with E-state index in [4.69, 9.17) is 4.74 Å². The number of benzene rings is 3. The van der Waals surface area contributed by atoms with Gasteiger partial charge < -0.3 is 19.9 Å². The minimum Gasteiger partial charge on any atom is -0.486 e. The van der Waals surface area contributed by atoms with Gasteiger partial charge in [0, 0.05) is 5.56 Å². The number of esters is 1. The van der Waals surface area contributed by atoms with E-state index in [2.05, 4.69) is 17.0 Å². The van der Waals surface area contributed by atoms with Gasteiger partial charge in [-0.25, -0.2) is 4.79 Å². The molecule has 0 bridgehead atoms. The number of hydrogen-bond acceptors (Lipinski definition) is 5. The smallest absolute Gasteiger partial charge is 0.416 e. The van der Waals surface area contributed by atoms with Gasteiger partial charge in [0.05, 0.1) is 19.2 Å². The monoisotopic (exact) mass is 557 g/mol. The van der Waals surface area contributed by atoms with Crippen LogP contribution < -0.4 is 10.1 Å². The first kappa shape index (κ1) is 30.7. The Morgan fingerprint density at radius 3 is 2.02 bits per heavy atom. The molecule has 3 rings (SSSR count). The second kappa shape index (κ2) is 14.5. The lowest BCUT2D eigenvalue weighted by Crippen LogP contribution is -2.37. The molecule has 0 aliphatic rings. The predicted molar refractivity (Wildman–Crippen MR) is 146 cm³/mol. The minimum absolute atomic E-state index is 0.265. The number of unbranched alkanes of at least 4 members (excludes halogenated alkanes) is 3. The molecule has 2 atom stereocenters. The average Bonchev–Trinajstić information content (AvgIpc) is 2.97. The van der Waals surface area contributed by atoms with Crippen LogP contribution in [0.1, 0.15) is 66.6 Å². The molecule has 0 radical (unpaired) electrons. The fraction of sp³-hybridized carbons (Fsp3) is 0.355. The van der Waals surface area contributed by atoms with Crippen LogP contribution >= 0.6 is 0 Å². The number of nitrogens with one attached hydrogen (secondary N) is 1. The quantitative estimate of drug-likeness (QED) is 0.180. The van der Waals surface area contributed by atoms with Gasteiger partial charge in [0.2, 0.25) is 0 Å². The van der Waals surface area contributed by atoms with Crippen LogP contribution in [0.2, 0.25) is 0 Å². The Labute approximate surface area is 232 Å². The second-order valence-electron chi connectivity index (χ2n) is 9.43. The molecule has 2 unspecified atom stereocenters. The van der Waals surface area contributed by atoms with Crippen LogP contribution in [0.15, 0.2) is 72.8 Å². The summed E-state index contributed by atoms with van der Waals surface area (Å²) in [6.07, 6.45) is -1.10. The largest absolute Gasteiger partial charge is 0.486 e. The van der Waals surface area contributed by atoms with Crippen molar-refractivity contribution in [3.8, 4) is 16.9 Å². The van der Waals surface area contributed by atoms with Crippen molar-refractivity contribution in [1.29, 1.82) is 0 Å². The summed E-state index contributed by atoms with van der Waals surface area (Å²) >= 11 is 0. The summed E-state index contributed by atoms with van der Waals surface area (Å²) in [5.74, 6) is -0.644. The fourth-order valence-corrected chi connectivity index (χ4v) is 4.15. The van der Waals surface area contributed by atoms with Crippen molar-refractivity contribution in [3.05, 3.63) is 89.5 Å². The third kappa shape index (κ3) is 8.84. The molecule has 214 valence electrons. The molecule has 3 aromatic rings. The summed E-state index contributed by atoms with van der Waals surface area (Å²) in [6.45, 7) is 1.87. The zero-order valence-electron chi connectivity index (χ0n) is 22.5. The van der Waals surface area contributed by atoms with E-state index in [0.29, 0.717) is 16.9 Å². The topological polar surface area (TPSA) is 84.9 Å². The van der Waals surface area contributed by atoms with E-state index < -0.39 is 29.7 Å². The lowest BCUT2D eigenvalue weighted by atomic mass is 10.0. The highest BCUT2D eigenvalue weighted by Gasteiger charge is 2.30. The van der Waals surface area contributed by atoms with Crippen molar-refractivity contribution in [2.24, 2.45) is 0 Å². The fourth-order valence-electron chi connectivity index (χ4n) is 4.15. The van der Waals surface area contributed by atoms with Gasteiger partial charge in [0.15, 0.2) is 6.10 Å². The van der Waals surface area contributed by atoms with Gasteiger partial charge in [-0.05, 0) is 65.9 Å². The van der Waals surface area contributed by atoms with E-state index in [1.54, 1.807) is 24.3 Å². The molecule has 0 aliphatic carbocycles. The van der Waals surface area contributed by atoms with E-state index in [1.165, 1.54) is 12.1 Å². The van der Waals surface area contributed by atoms with Crippen molar-refractivity contribution in [2.75, 3.05) is 13.7 Å². The van der Waals surface area contributed by atoms with Crippen molar-refractivity contribution in [3.63, 3.8) is 0 Å². The van der Waals surface area contributed by atoms with Crippen molar-refractivity contribution >= 4 is 11.9 Å². The van der Waals surface area contributed by atoms with Crippen LogP contribution in [0.5, 0.6) is 5.75 Å². The Morgan fingerprint density at radius 2 is 1.48 bits per heavy atom. The molecule has 0 saturated carbocycles. The molecule has 0 spiro atoms. The van der Waals surface area contributed by atoms with Crippen molar-refractivity contribution in [1.82, 2.24) is 5.32 Å². The standard InChI is InChI=1S/C31H34F3NO5/c1-3-4-5-6-7-28(23-8-10-24(11-9-23)29(37)35-20-27(36)30(38)39-2)40-26-18-14-22(15-19-26)21-12-16-25(17-13-21)31(32,33)34/h8-19,27-28,36H,3-7,20H2,1-2H3,(H,35,37). The molecule has 0 aliphatic heterocycles. The number of aliphatic hydroxyl groups is 1. The highest BCUT2D eigenvalue weighted by Crippen LogP contribution is 2.32. The number of alkyl halides is 3. The van der Waals surface area contributed by atoms with Gasteiger partial charge in [0.25, 0.3) is 5.91 Å². The number of hydrogen-bond donors (Lipinski definition) is 2. The number of rotatable bonds is 13. The van der Waals surface area contributed by atoms with E-state index >= 15 is 0 Å². The molecule has 40 heavy (non-hydrogen) atoms. The van der Waals surface area contributed by atoms with Gasteiger partial charge in [-0.2, -0.15) is 13.2 Å². The van der Waals surface area contributed by atoms with Crippen LogP contribution in [0.25, 0.3) is 11.1 Å². The van der Waals surface area contributed by atoms with E-state index in [-0.39, 0.29) is 12.6 Å². The molecular formula is C31H34F3NO5. The number of aliphatic hydroxyl groups excluding tert-OH is 1. The lowest BCUT2D eigenvalue weighted by Gasteiger charge is -2.20. The number of halogens is 3. The lowest BCUT2D eigenvalue weighted by molar-refractivity contribution is -0.149. The maximum Gasteiger partial charge on any atom is 0.416 e. The van der Waals surface area contributed by atoms with Crippen LogP contribution in [0, 0.1) is 0 Å². The molecule has 9 heteroatoms. The maximum atomic E-state index is 12.9. The molecule has 6 nitrogen and oxygen atoms in total. The van der Waals surface area contributed by atoms with Crippen LogP contribution in [0.4, 0.5) is 13.2 Å². The Morgan fingerprint density at radius 1 is 0.875 bits per heavy atom. The third-order valence-electron chi connectivity index (χ3n) is 6.47. The van der Waals surface area contributed by atoms with E-state index in [1.807, 2.05) is 24.3 Å². The average molecular weight is 558 g/mol. The maximum absolute atomic E-state index is 12.9. The Hall–Kier alpha value is -3.85. The van der Waals surface area contributed by atoms with Crippen LogP contribution in [-0.2, 0) is 15.7 Å². The Kier molecular flexibility index (Phi) is 11.1. The number of carbonyl (C=O) groups excluding carboxylic acids is 2. The molecule has 2 N–H and O–H groups in total. The SMILES string of the molecule is CCCCCCC(Oc1ccc(-c2ccc(C(F)(F)F)cc2)cc1)c1ccc(C(=O)NCC(O)C(=O)OC)cc1. The zero-order valence-corrected chi connectivity index (χ0v) is 22.5. The summed E-state index contributed by atoms with van der Waals surface area (Å²) in [7, 11) is 1.15. The number of amides is 1. The number of methoxy groups -OCH3 is 1. The summed E-state index contributed by atoms with van der Waals surface area (Å²) in [4.78, 5) is 23.8. The second-order valence-corrected chi connectivity index (χ2v) is 9.43. The number of carbonyl (C=O) groups is 2. The first-order valence-corrected chi connectivity index (χ1v) is 13.2. The molecule has 0 saturated heterocycles. The van der Waals surface area contributed by atoms with Crippen molar-refractivity contribution < 1.29 is 37.3 Å². The minimum atomic E-state index is -4.38. The van der Waals surface area contributed by atoms with E-state index in [9.17, 15) is 27.9 Å². The van der Waals surface area contributed by atoms with Crippen LogP contribution in [-0.4, -0.2) is 36.7 Å². The van der Waals surface area contributed by atoms with E-state index in [0.717, 1.165) is 62.5 Å². The van der Waals surface area contributed by atoms with Gasteiger partial charge in [0.1, 0.15) is 11.9 Å². The van der Waals surface area contributed by atoms with Gasteiger partial charge in [-0.3, -0.25) is 4.79 Å². The molecular weight excluding hydrogens is 523 g/mol. The highest BCUT2D eigenvalue weighted by molar-refractivity contribution is 5.94. The zero-order chi connectivity index (χ0) is 29.1. The van der Waals surface area contributed by atoms with Crippen molar-refractivity contribution in [2.45, 2.75) is 57.4 Å². The van der Waals surface area contributed by atoms with Crippen LogP contribution in [0.3, 0.4) is 0 Å². The first-order chi connectivity index (χ1) is 19.1. The molecule has 0 fully saturated rings. The summed E-state index contributed by atoms with van der Waals surface area (Å²) in [5.41, 5.74) is 2.00. The molecule has 0 aromatic heterocycles. The van der Waals surface area contributed by atoms with Gasteiger partial charge in [-0.1, -0.05) is 62.6 Å². The third-order valence-corrected chi connectivity index (χ3v) is 6.47. The molecule has 3 aromatic carbocycles. The summed E-state index contributed by atoms with van der Waals surface area (Å²) in [6, 6.07) is 19.2. The highest BCUT2D eigenvalue weighted by atomic mass is 19.4. The molecule has 1 amide bonds. The Bertz CT molecular complexity index is 1230. The first-order valence-electron chi connectivity index (χ1n) is 13.2. The number of ether oxygens (including phenoxy) is 2.